The van der Waals surface area contributed by atoms with Gasteiger partial charge in [0.15, 0.2) is 0 Å². The minimum atomic E-state index is -4.64. The van der Waals surface area contributed by atoms with Gasteiger partial charge < -0.3 is 14.7 Å². The summed E-state index contributed by atoms with van der Waals surface area (Å²) in [6.45, 7) is 0. The number of phosphoric acid groups is 1. The third kappa shape index (κ3) is 451. The third-order valence-electron chi connectivity index (χ3n) is 0. The molecule has 0 saturated carbocycles. The van der Waals surface area contributed by atoms with Crippen molar-refractivity contribution in [1.29, 1.82) is 0 Å². The van der Waals surface area contributed by atoms with Crippen molar-refractivity contribution in [3.05, 3.63) is 0 Å². The van der Waals surface area contributed by atoms with Crippen molar-refractivity contribution in [3.8, 4) is 0 Å². The molecule has 0 aromatic rings. The molecule has 4 N–H and O–H groups in total. The number of aliphatic hydroxyl groups excluding tert-OH is 1. The van der Waals surface area contributed by atoms with E-state index in [1.165, 1.54) is 0 Å². The van der Waals surface area contributed by atoms with E-state index in [4.69, 9.17) is 24.4 Å². The predicted molar refractivity (Wildman–Crippen MR) is 21.3 cm³/mol. The molecule has 0 aliphatic rings. The van der Waals surface area contributed by atoms with Gasteiger partial charge >= 0.3 is 36.4 Å². The summed E-state index contributed by atoms with van der Waals surface area (Å²) >= 11 is 1.00. The van der Waals surface area contributed by atoms with Crippen molar-refractivity contribution >= 4 is 7.82 Å². The van der Waals surface area contributed by atoms with Crippen molar-refractivity contribution in [1.82, 2.24) is 0 Å². The molecule has 0 amide bonds. The average molecular weight is 194 g/mol. The summed E-state index contributed by atoms with van der Waals surface area (Å²) in [5, 5.41) is 8.00. The molecule has 0 unspecified atom stereocenters. The molecule has 47 valence electrons. The van der Waals surface area contributed by atoms with Gasteiger partial charge in [-0.15, -0.1) is 0 Å². The first-order chi connectivity index (χ1) is 3.41. The second-order valence-corrected chi connectivity index (χ2v) is 2.70. The quantitative estimate of drug-likeness (QED) is 0.279. The molecule has 0 spiro atoms. The number of hydrogen-bond acceptors (Lipinski definition) is 2. The molecule has 0 atom stereocenters. The fourth-order valence-electron chi connectivity index (χ4n) is 0. The van der Waals surface area contributed by atoms with Crippen molar-refractivity contribution in [2.45, 2.75) is 0 Å². The van der Waals surface area contributed by atoms with Gasteiger partial charge in [-0.1, -0.05) is 0 Å². The van der Waals surface area contributed by atoms with Crippen LogP contribution in [0.3, 0.4) is 0 Å². The van der Waals surface area contributed by atoms with Crippen LogP contribution in [0.5, 0.6) is 0 Å². The first-order valence-corrected chi connectivity index (χ1v) is 5.26. The Labute approximate surface area is 56.3 Å². The molecule has 0 aromatic carbocycles. The van der Waals surface area contributed by atoms with Crippen molar-refractivity contribution in [2.75, 3.05) is 5.20 Å². The van der Waals surface area contributed by atoms with E-state index in [-0.39, 0.29) is 0 Å². The zero-order valence-electron chi connectivity index (χ0n) is 4.06. The van der Waals surface area contributed by atoms with Crippen LogP contribution in [0.15, 0.2) is 0 Å². The fourth-order valence-corrected chi connectivity index (χ4v) is 0. The Bertz CT molecular complexity index is 68.2. The van der Waals surface area contributed by atoms with Crippen LogP contribution >= 0.6 is 7.82 Å². The van der Waals surface area contributed by atoms with E-state index in [0.717, 1.165) is 18.3 Å². The van der Waals surface area contributed by atoms with Crippen LogP contribution in [0.1, 0.15) is 0 Å². The Balaban J connectivity index is 0. The molecule has 0 aromatic heterocycles. The number of rotatable bonds is 0. The topological polar surface area (TPSA) is 98.0 Å². The Morgan fingerprint density at radius 3 is 1.38 bits per heavy atom. The van der Waals surface area contributed by atoms with E-state index in [1.807, 2.05) is 0 Å². The minimum absolute atomic E-state index is 0.375. The summed E-state index contributed by atoms with van der Waals surface area (Å²) in [5.74, 6) is 0. The van der Waals surface area contributed by atoms with Crippen molar-refractivity contribution < 1.29 is 42.7 Å². The fraction of sp³-hybridized carbons (Fsp3) is 1.00. The normalized spacial score (nSPS) is 9.75. The molecule has 0 saturated heterocycles. The standard InChI is InChI=1S/CH3O.H3O4P.Zn/c1-2;1-5(2,3)4;/h2H,1H2;(H3,1,2,3,4);. The van der Waals surface area contributed by atoms with Gasteiger partial charge in [-0.3, -0.25) is 0 Å². The zero-order chi connectivity index (χ0) is 7.21. The summed E-state index contributed by atoms with van der Waals surface area (Å²) in [4.78, 5) is 21.6. The Hall–Kier alpha value is 0.693. The summed E-state index contributed by atoms with van der Waals surface area (Å²) in [6.07, 6.45) is 0. The van der Waals surface area contributed by atoms with Gasteiger partial charge in [0, 0.05) is 0 Å². The first-order valence-electron chi connectivity index (χ1n) is 1.60. The van der Waals surface area contributed by atoms with Crippen LogP contribution in [0.25, 0.3) is 0 Å². The Kier molecular flexibility index (Phi) is 8.36. The van der Waals surface area contributed by atoms with Gasteiger partial charge in [-0.2, -0.15) is 0 Å². The van der Waals surface area contributed by atoms with Crippen LogP contribution in [0.4, 0.5) is 0 Å². The molecule has 8 heavy (non-hydrogen) atoms. The average Bonchev–Trinajstić information content (AvgIpc) is 1.27. The number of aliphatic hydroxyl groups is 1. The molecule has 0 radical (unpaired) electrons. The van der Waals surface area contributed by atoms with Crippen LogP contribution < -0.4 is 0 Å². The van der Waals surface area contributed by atoms with Crippen LogP contribution in [-0.2, 0) is 22.9 Å². The molecule has 7 heteroatoms. The van der Waals surface area contributed by atoms with Gasteiger partial charge in [-0.05, 0) is 0 Å². The van der Waals surface area contributed by atoms with Crippen LogP contribution in [0, 0.1) is 0 Å². The Morgan fingerprint density at radius 2 is 1.38 bits per heavy atom. The van der Waals surface area contributed by atoms with Gasteiger partial charge in [-0.25, -0.2) is 4.57 Å². The summed E-state index contributed by atoms with van der Waals surface area (Å²) < 4.78 is 8.88. The molecular formula is CH6O5PZn. The molecule has 5 nitrogen and oxygen atoms in total. The molecule has 0 aliphatic heterocycles. The summed E-state index contributed by atoms with van der Waals surface area (Å²) in [5.41, 5.74) is 0. The van der Waals surface area contributed by atoms with Crippen LogP contribution in [-0.4, -0.2) is 25.0 Å². The molecule has 0 rings (SSSR count). The molecule has 0 aliphatic carbocycles. The maximum atomic E-state index is 8.88. The van der Waals surface area contributed by atoms with E-state index in [1.54, 1.807) is 0 Å². The van der Waals surface area contributed by atoms with Gasteiger partial charge in [0.1, 0.15) is 0 Å². The maximum absolute atomic E-state index is 8.88. The molecular weight excluding hydrogens is 188 g/mol. The van der Waals surface area contributed by atoms with E-state index < -0.39 is 7.82 Å². The monoisotopic (exact) mass is 193 g/mol. The summed E-state index contributed by atoms with van der Waals surface area (Å²) in [6, 6.07) is 0. The van der Waals surface area contributed by atoms with E-state index in [0.29, 0.717) is 5.20 Å². The van der Waals surface area contributed by atoms with Gasteiger partial charge in [0.05, 0.1) is 0 Å². The van der Waals surface area contributed by atoms with E-state index in [2.05, 4.69) is 0 Å². The second kappa shape index (κ2) is 5.82. The number of hydrogen-bond donors (Lipinski definition) is 4. The van der Waals surface area contributed by atoms with Crippen molar-refractivity contribution in [2.24, 2.45) is 0 Å². The predicted octanol–water partition coefficient (Wildman–Crippen LogP) is -1.45. The molecule has 0 fully saturated rings. The SMILES string of the molecule is O=P(O)(O)O.O[CH2][Zn]. The molecule has 0 heterocycles. The van der Waals surface area contributed by atoms with Crippen LogP contribution in [0.2, 0.25) is 0 Å². The van der Waals surface area contributed by atoms with Gasteiger partial charge in [0.2, 0.25) is 0 Å². The van der Waals surface area contributed by atoms with E-state index in [9.17, 15) is 0 Å². The van der Waals surface area contributed by atoms with Gasteiger partial charge in [0.25, 0.3) is 0 Å². The summed E-state index contributed by atoms with van der Waals surface area (Å²) in [7, 11) is -4.64. The van der Waals surface area contributed by atoms with E-state index >= 15 is 0 Å². The molecule has 0 bridgehead atoms. The van der Waals surface area contributed by atoms with Crippen molar-refractivity contribution in [3.63, 3.8) is 0 Å². The Morgan fingerprint density at radius 1 is 1.38 bits per heavy atom. The third-order valence-corrected chi connectivity index (χ3v) is 0. The first kappa shape index (κ1) is 11.5. The second-order valence-electron chi connectivity index (χ2n) is 0.737. The zero-order valence-corrected chi connectivity index (χ0v) is 7.92.